The van der Waals surface area contributed by atoms with Gasteiger partial charge in [0.15, 0.2) is 0 Å². The van der Waals surface area contributed by atoms with Crippen LogP contribution in [0.25, 0.3) is 0 Å². The Balaban J connectivity index is 2.21. The number of alkyl halides is 2. The first-order valence-corrected chi connectivity index (χ1v) is 7.02. The van der Waals surface area contributed by atoms with Crippen LogP contribution < -0.4 is 5.32 Å². The average Bonchev–Trinajstić information content (AvgIpc) is 2.99. The highest BCUT2D eigenvalue weighted by atomic mass is 19.3. The summed E-state index contributed by atoms with van der Waals surface area (Å²) < 4.78 is 28.7. The second kappa shape index (κ2) is 6.31. The van der Waals surface area contributed by atoms with Gasteiger partial charge < -0.3 is 10.2 Å². The van der Waals surface area contributed by atoms with E-state index in [1.165, 1.54) is 29.2 Å². The van der Waals surface area contributed by atoms with Gasteiger partial charge in [-0.3, -0.25) is 4.79 Å². The minimum absolute atomic E-state index is 0.128. The summed E-state index contributed by atoms with van der Waals surface area (Å²) >= 11 is 0. The number of hydrogen-bond donors (Lipinski definition) is 1. The van der Waals surface area contributed by atoms with Crippen molar-refractivity contribution < 1.29 is 13.6 Å². The maximum Gasteiger partial charge on any atom is 0.349 e. The predicted octanol–water partition coefficient (Wildman–Crippen LogP) is 2.38. The van der Waals surface area contributed by atoms with E-state index in [4.69, 9.17) is 0 Å². The van der Waals surface area contributed by atoms with Gasteiger partial charge in [0.25, 0.3) is 5.91 Å². The number of carbonyl (C=O) groups excluding carboxylic acids is 1. The molecule has 20 heavy (non-hydrogen) atoms. The molecular formula is C15H20F2N2O. The minimum Gasteiger partial charge on any atom is -0.333 e. The molecule has 1 heterocycles. The highest BCUT2D eigenvalue weighted by molar-refractivity contribution is 5.85. The van der Waals surface area contributed by atoms with E-state index in [-0.39, 0.29) is 11.6 Å². The van der Waals surface area contributed by atoms with Crippen molar-refractivity contribution in [3.8, 4) is 0 Å². The first kappa shape index (κ1) is 14.9. The Morgan fingerprint density at radius 3 is 2.65 bits per heavy atom. The number of rotatable bonds is 5. The maximum atomic E-state index is 14.4. The zero-order valence-corrected chi connectivity index (χ0v) is 11.6. The van der Waals surface area contributed by atoms with E-state index < -0.39 is 11.8 Å². The molecule has 1 atom stereocenters. The second-order valence-corrected chi connectivity index (χ2v) is 5.09. The van der Waals surface area contributed by atoms with Crippen LogP contribution in [0, 0.1) is 0 Å². The largest absolute Gasteiger partial charge is 0.349 e. The van der Waals surface area contributed by atoms with Crippen molar-refractivity contribution in [3.05, 3.63) is 35.9 Å². The quantitative estimate of drug-likeness (QED) is 0.899. The van der Waals surface area contributed by atoms with Gasteiger partial charge in [0.05, 0.1) is 0 Å². The summed E-state index contributed by atoms with van der Waals surface area (Å²) in [6, 6.07) is 7.19. The number of amides is 1. The summed E-state index contributed by atoms with van der Waals surface area (Å²) in [6.07, 6.45) is 1.41. The van der Waals surface area contributed by atoms with Gasteiger partial charge in [-0.15, -0.1) is 0 Å². The van der Waals surface area contributed by atoms with Crippen molar-refractivity contribution in [2.45, 2.75) is 31.7 Å². The van der Waals surface area contributed by atoms with Gasteiger partial charge in [-0.05, 0) is 19.4 Å². The summed E-state index contributed by atoms with van der Waals surface area (Å²) in [6.45, 7) is 3.63. The normalized spacial score (nSPS) is 19.1. The Hall–Kier alpha value is -1.49. The Morgan fingerprint density at radius 1 is 1.40 bits per heavy atom. The second-order valence-electron chi connectivity index (χ2n) is 5.09. The molecule has 1 aromatic rings. The smallest absolute Gasteiger partial charge is 0.333 e. The van der Waals surface area contributed by atoms with Crippen molar-refractivity contribution >= 4 is 5.91 Å². The lowest BCUT2D eigenvalue weighted by atomic mass is 10.1. The van der Waals surface area contributed by atoms with Crippen LogP contribution in [0.4, 0.5) is 8.78 Å². The Morgan fingerprint density at radius 2 is 2.10 bits per heavy atom. The summed E-state index contributed by atoms with van der Waals surface area (Å²) in [5.74, 6) is -4.54. The van der Waals surface area contributed by atoms with E-state index in [1.807, 2.05) is 6.92 Å². The molecule has 5 heteroatoms. The fourth-order valence-electron chi connectivity index (χ4n) is 2.55. The molecule has 3 nitrogen and oxygen atoms in total. The molecule has 1 aliphatic heterocycles. The SMILES string of the molecule is CCCN(C(=O)C(F)(F)c1ccccc1)C1CCNC1. The zero-order valence-electron chi connectivity index (χ0n) is 11.6. The maximum absolute atomic E-state index is 14.4. The Labute approximate surface area is 118 Å². The van der Waals surface area contributed by atoms with Crippen LogP contribution in [-0.2, 0) is 10.7 Å². The van der Waals surface area contributed by atoms with Gasteiger partial charge in [0.1, 0.15) is 0 Å². The van der Waals surface area contributed by atoms with Crippen LogP contribution in [0.2, 0.25) is 0 Å². The van der Waals surface area contributed by atoms with Crippen LogP contribution in [0.5, 0.6) is 0 Å². The third-order valence-corrected chi connectivity index (χ3v) is 3.61. The molecule has 1 amide bonds. The lowest BCUT2D eigenvalue weighted by Gasteiger charge is -2.31. The standard InChI is InChI=1S/C15H20F2N2O/c1-2-10-19(13-8-9-18-11-13)14(20)15(16,17)12-6-4-3-5-7-12/h3-7,13,18H,2,8-11H2,1H3. The summed E-state index contributed by atoms with van der Waals surface area (Å²) in [5, 5.41) is 3.12. The topological polar surface area (TPSA) is 32.3 Å². The third kappa shape index (κ3) is 2.98. The molecule has 0 saturated carbocycles. The van der Waals surface area contributed by atoms with Crippen molar-refractivity contribution in [2.75, 3.05) is 19.6 Å². The average molecular weight is 282 g/mol. The van der Waals surface area contributed by atoms with Crippen molar-refractivity contribution in [1.82, 2.24) is 10.2 Å². The van der Waals surface area contributed by atoms with Gasteiger partial charge >= 0.3 is 5.92 Å². The highest BCUT2D eigenvalue weighted by Crippen LogP contribution is 2.31. The van der Waals surface area contributed by atoms with Crippen LogP contribution in [0.3, 0.4) is 0 Å². The first-order chi connectivity index (χ1) is 9.57. The summed E-state index contributed by atoms with van der Waals surface area (Å²) in [4.78, 5) is 13.6. The summed E-state index contributed by atoms with van der Waals surface area (Å²) in [5.41, 5.74) is -0.239. The van der Waals surface area contributed by atoms with Crippen LogP contribution in [-0.4, -0.2) is 36.5 Å². The lowest BCUT2D eigenvalue weighted by molar-refractivity contribution is -0.161. The molecule has 1 aliphatic rings. The van der Waals surface area contributed by atoms with Crippen LogP contribution in [0.1, 0.15) is 25.3 Å². The molecule has 0 bridgehead atoms. The van der Waals surface area contributed by atoms with Gasteiger partial charge in [0.2, 0.25) is 0 Å². The van der Waals surface area contributed by atoms with Crippen molar-refractivity contribution in [1.29, 1.82) is 0 Å². The third-order valence-electron chi connectivity index (χ3n) is 3.61. The number of benzene rings is 1. The van der Waals surface area contributed by atoms with Crippen molar-refractivity contribution in [3.63, 3.8) is 0 Å². The Kier molecular flexibility index (Phi) is 4.70. The number of carbonyl (C=O) groups is 1. The van der Waals surface area contributed by atoms with Crippen molar-refractivity contribution in [2.24, 2.45) is 0 Å². The number of nitrogens with zero attached hydrogens (tertiary/aromatic N) is 1. The van der Waals surface area contributed by atoms with Gasteiger partial charge in [0, 0.05) is 24.7 Å². The van der Waals surface area contributed by atoms with Gasteiger partial charge in [-0.25, -0.2) is 0 Å². The zero-order chi connectivity index (χ0) is 14.6. The molecule has 0 aliphatic carbocycles. The lowest BCUT2D eigenvalue weighted by Crippen LogP contribution is -2.48. The van der Waals surface area contributed by atoms with Gasteiger partial charge in [-0.2, -0.15) is 8.78 Å². The highest BCUT2D eigenvalue weighted by Gasteiger charge is 2.45. The Bertz CT molecular complexity index is 444. The predicted molar refractivity (Wildman–Crippen MR) is 73.6 cm³/mol. The molecule has 110 valence electrons. The molecule has 0 spiro atoms. The fraction of sp³-hybridized carbons (Fsp3) is 0.533. The molecular weight excluding hydrogens is 262 g/mol. The number of halogens is 2. The monoisotopic (exact) mass is 282 g/mol. The fourth-order valence-corrected chi connectivity index (χ4v) is 2.55. The molecule has 1 unspecified atom stereocenters. The van der Waals surface area contributed by atoms with E-state index in [1.54, 1.807) is 6.07 Å². The van der Waals surface area contributed by atoms with Gasteiger partial charge in [-0.1, -0.05) is 37.3 Å². The van der Waals surface area contributed by atoms with E-state index in [2.05, 4.69) is 5.32 Å². The number of nitrogens with one attached hydrogen (secondary N) is 1. The molecule has 0 radical (unpaired) electrons. The molecule has 1 N–H and O–H groups in total. The molecule has 1 aromatic carbocycles. The van der Waals surface area contributed by atoms with Crippen LogP contribution in [0.15, 0.2) is 30.3 Å². The molecule has 1 fully saturated rings. The van der Waals surface area contributed by atoms with E-state index in [9.17, 15) is 13.6 Å². The number of hydrogen-bond acceptors (Lipinski definition) is 2. The van der Waals surface area contributed by atoms with Crippen LogP contribution >= 0.6 is 0 Å². The van der Waals surface area contributed by atoms with E-state index >= 15 is 0 Å². The van der Waals surface area contributed by atoms with E-state index in [0.717, 1.165) is 13.0 Å². The molecule has 0 aromatic heterocycles. The molecule has 1 saturated heterocycles. The first-order valence-electron chi connectivity index (χ1n) is 7.02. The van der Waals surface area contributed by atoms with E-state index in [0.29, 0.717) is 19.5 Å². The minimum atomic E-state index is -3.46. The summed E-state index contributed by atoms with van der Waals surface area (Å²) in [7, 11) is 0. The molecule has 2 rings (SSSR count).